The zero-order valence-electron chi connectivity index (χ0n) is 12.9. The van der Waals surface area contributed by atoms with Crippen LogP contribution in [-0.2, 0) is 4.79 Å². The summed E-state index contributed by atoms with van der Waals surface area (Å²) in [7, 11) is 0. The Bertz CT molecular complexity index is 634. The van der Waals surface area contributed by atoms with Crippen LogP contribution in [0.25, 0.3) is 0 Å². The molecule has 1 aromatic carbocycles. The maximum Gasteiger partial charge on any atom is 0.235 e. The first kappa shape index (κ1) is 15.6. The highest BCUT2D eigenvalue weighted by atomic mass is 32.2. The van der Waals surface area contributed by atoms with Crippen LogP contribution in [0.5, 0.6) is 0 Å². The summed E-state index contributed by atoms with van der Waals surface area (Å²) in [4.78, 5) is 13.2. The molecule has 1 N–H and O–H groups in total. The molecule has 112 valence electrons. The van der Waals surface area contributed by atoms with Crippen LogP contribution in [0.1, 0.15) is 31.0 Å². The van der Waals surface area contributed by atoms with Gasteiger partial charge in [-0.3, -0.25) is 4.79 Å². The van der Waals surface area contributed by atoms with E-state index in [9.17, 15) is 4.79 Å². The van der Waals surface area contributed by atoms with E-state index < -0.39 is 0 Å². The van der Waals surface area contributed by atoms with Gasteiger partial charge < -0.3 is 5.32 Å². The lowest BCUT2D eigenvalue weighted by atomic mass is 10.2. The van der Waals surface area contributed by atoms with Crippen molar-refractivity contribution in [3.05, 3.63) is 41.6 Å². The zero-order chi connectivity index (χ0) is 15.4. The molecule has 0 aliphatic heterocycles. The molecule has 0 aliphatic rings. The van der Waals surface area contributed by atoms with E-state index in [2.05, 4.69) is 42.5 Å². The van der Waals surface area contributed by atoms with Crippen molar-refractivity contribution in [3.8, 4) is 0 Å². The highest BCUT2D eigenvalue weighted by molar-refractivity contribution is 8.00. The van der Waals surface area contributed by atoms with Gasteiger partial charge in [0.2, 0.25) is 5.91 Å². The number of thioether (sulfide) groups is 1. The first-order valence-corrected chi connectivity index (χ1v) is 7.99. The van der Waals surface area contributed by atoms with Gasteiger partial charge in [-0.2, -0.15) is 5.10 Å². The van der Waals surface area contributed by atoms with Gasteiger partial charge in [0.1, 0.15) is 5.82 Å². The van der Waals surface area contributed by atoms with Gasteiger partial charge >= 0.3 is 0 Å². The molecule has 2 aromatic rings. The molecule has 4 nitrogen and oxygen atoms in total. The number of rotatable bonds is 5. The monoisotopic (exact) mass is 303 g/mol. The van der Waals surface area contributed by atoms with Crippen LogP contribution in [0.15, 0.2) is 35.4 Å². The van der Waals surface area contributed by atoms with Crippen molar-refractivity contribution in [2.24, 2.45) is 0 Å². The predicted molar refractivity (Wildman–Crippen MR) is 87.9 cm³/mol. The molecule has 5 heteroatoms. The third-order valence-corrected chi connectivity index (χ3v) is 4.29. The summed E-state index contributed by atoms with van der Waals surface area (Å²) in [5, 5.41) is 7.12. The lowest BCUT2D eigenvalue weighted by Gasteiger charge is -2.12. The minimum Gasteiger partial charge on any atom is -0.310 e. The number of nitrogens with one attached hydrogen (secondary N) is 1. The number of amides is 1. The number of hydrogen-bond donors (Lipinski definition) is 1. The van der Waals surface area contributed by atoms with Crippen LogP contribution in [0.2, 0.25) is 0 Å². The molecule has 21 heavy (non-hydrogen) atoms. The average Bonchev–Trinajstić information content (AvgIpc) is 2.88. The van der Waals surface area contributed by atoms with Gasteiger partial charge in [0.15, 0.2) is 0 Å². The Morgan fingerprint density at radius 3 is 2.81 bits per heavy atom. The summed E-state index contributed by atoms with van der Waals surface area (Å²) in [6.07, 6.45) is 1.70. The Morgan fingerprint density at radius 2 is 2.10 bits per heavy atom. The predicted octanol–water partition coefficient (Wildman–Crippen LogP) is 3.81. The third-order valence-electron chi connectivity index (χ3n) is 3.13. The molecule has 0 radical (unpaired) electrons. The zero-order valence-corrected chi connectivity index (χ0v) is 13.7. The van der Waals surface area contributed by atoms with E-state index in [-0.39, 0.29) is 11.9 Å². The SMILES string of the molecule is Cc1ccc(C)c(SCC(=O)Nc2ccnn2C(C)C)c1. The van der Waals surface area contributed by atoms with E-state index in [1.807, 2.05) is 19.9 Å². The lowest BCUT2D eigenvalue weighted by Crippen LogP contribution is -2.18. The molecule has 0 saturated carbocycles. The van der Waals surface area contributed by atoms with Gasteiger partial charge in [0.25, 0.3) is 0 Å². The Balaban J connectivity index is 1.96. The van der Waals surface area contributed by atoms with Crippen LogP contribution >= 0.6 is 11.8 Å². The van der Waals surface area contributed by atoms with E-state index in [1.54, 1.807) is 22.6 Å². The maximum absolute atomic E-state index is 12.1. The van der Waals surface area contributed by atoms with Crippen molar-refractivity contribution in [1.29, 1.82) is 0 Å². The normalized spacial score (nSPS) is 10.9. The summed E-state index contributed by atoms with van der Waals surface area (Å²) in [5.41, 5.74) is 2.41. The Kier molecular flexibility index (Phi) is 5.07. The molecule has 0 fully saturated rings. The molecule has 1 heterocycles. The maximum atomic E-state index is 12.1. The standard InChI is InChI=1S/C16H21N3OS/c1-11(2)19-15(7-8-17-19)18-16(20)10-21-14-9-12(3)5-6-13(14)4/h5-9,11H,10H2,1-4H3,(H,18,20). The third kappa shape index (κ3) is 4.11. The molecule has 0 saturated heterocycles. The largest absolute Gasteiger partial charge is 0.310 e. The van der Waals surface area contributed by atoms with Crippen LogP contribution < -0.4 is 5.32 Å². The van der Waals surface area contributed by atoms with Crippen molar-refractivity contribution in [2.75, 3.05) is 11.1 Å². The minimum atomic E-state index is -0.0108. The Morgan fingerprint density at radius 1 is 1.33 bits per heavy atom. The van der Waals surface area contributed by atoms with Crippen LogP contribution in [0.4, 0.5) is 5.82 Å². The minimum absolute atomic E-state index is 0.0108. The lowest BCUT2D eigenvalue weighted by molar-refractivity contribution is -0.113. The summed E-state index contributed by atoms with van der Waals surface area (Å²) in [6, 6.07) is 8.33. The first-order chi connectivity index (χ1) is 9.97. The molecular weight excluding hydrogens is 282 g/mol. The van der Waals surface area contributed by atoms with Crippen LogP contribution in [-0.4, -0.2) is 21.4 Å². The number of anilines is 1. The van der Waals surface area contributed by atoms with E-state index in [1.165, 1.54) is 11.1 Å². The molecule has 0 unspecified atom stereocenters. The fraction of sp³-hybridized carbons (Fsp3) is 0.375. The van der Waals surface area contributed by atoms with E-state index in [0.29, 0.717) is 5.75 Å². The van der Waals surface area contributed by atoms with E-state index >= 15 is 0 Å². The van der Waals surface area contributed by atoms with Gasteiger partial charge in [-0.1, -0.05) is 17.7 Å². The summed E-state index contributed by atoms with van der Waals surface area (Å²) < 4.78 is 1.81. The second kappa shape index (κ2) is 6.80. The Hall–Kier alpha value is -1.75. The molecular formula is C16H21N3OS. The number of carbonyl (C=O) groups excluding carboxylic acids is 1. The molecule has 1 amide bonds. The summed E-state index contributed by atoms with van der Waals surface area (Å²) in [6.45, 7) is 8.19. The number of hydrogen-bond acceptors (Lipinski definition) is 3. The van der Waals surface area contributed by atoms with Gasteiger partial charge in [-0.25, -0.2) is 4.68 Å². The van der Waals surface area contributed by atoms with Crippen molar-refractivity contribution < 1.29 is 4.79 Å². The van der Waals surface area contributed by atoms with Crippen molar-refractivity contribution >= 4 is 23.5 Å². The second-order valence-corrected chi connectivity index (χ2v) is 6.38. The fourth-order valence-corrected chi connectivity index (χ4v) is 2.93. The molecule has 2 rings (SSSR count). The van der Waals surface area contributed by atoms with Crippen LogP contribution in [0, 0.1) is 13.8 Å². The average molecular weight is 303 g/mol. The molecule has 0 aliphatic carbocycles. The first-order valence-electron chi connectivity index (χ1n) is 7.01. The van der Waals surface area contributed by atoms with Gasteiger partial charge in [0.05, 0.1) is 11.9 Å². The molecule has 0 atom stereocenters. The van der Waals surface area contributed by atoms with Crippen LogP contribution in [0.3, 0.4) is 0 Å². The smallest absolute Gasteiger partial charge is 0.235 e. The highest BCUT2D eigenvalue weighted by Gasteiger charge is 2.10. The van der Waals surface area contributed by atoms with E-state index in [4.69, 9.17) is 0 Å². The van der Waals surface area contributed by atoms with Crippen molar-refractivity contribution in [3.63, 3.8) is 0 Å². The number of aromatic nitrogens is 2. The van der Waals surface area contributed by atoms with Gasteiger partial charge in [-0.05, 0) is 39.3 Å². The quantitative estimate of drug-likeness (QED) is 0.854. The topological polar surface area (TPSA) is 46.9 Å². The van der Waals surface area contributed by atoms with Gasteiger partial charge in [0, 0.05) is 17.0 Å². The molecule has 0 bridgehead atoms. The second-order valence-electron chi connectivity index (χ2n) is 5.36. The van der Waals surface area contributed by atoms with Crippen molar-refractivity contribution in [1.82, 2.24) is 9.78 Å². The molecule has 0 spiro atoms. The summed E-state index contributed by atoms with van der Waals surface area (Å²) >= 11 is 1.56. The number of carbonyl (C=O) groups is 1. The number of aryl methyl sites for hydroxylation is 2. The van der Waals surface area contributed by atoms with Gasteiger partial charge in [-0.15, -0.1) is 11.8 Å². The fourth-order valence-electron chi connectivity index (χ4n) is 2.01. The molecule has 1 aromatic heterocycles. The number of nitrogens with zero attached hydrogens (tertiary/aromatic N) is 2. The van der Waals surface area contributed by atoms with E-state index in [0.717, 1.165) is 10.7 Å². The van der Waals surface area contributed by atoms with Crippen molar-refractivity contribution in [2.45, 2.75) is 38.6 Å². The Labute approximate surface area is 129 Å². The highest BCUT2D eigenvalue weighted by Crippen LogP contribution is 2.23. The summed E-state index contributed by atoms with van der Waals surface area (Å²) in [5.74, 6) is 1.13. The number of benzene rings is 1.